The zero-order chi connectivity index (χ0) is 28.9. The summed E-state index contributed by atoms with van der Waals surface area (Å²) in [6, 6.07) is 5.73. The summed E-state index contributed by atoms with van der Waals surface area (Å²) in [4.78, 5) is 54.2. The fraction of sp³-hybridized carbons (Fsp3) is 0.667. The maximum absolute atomic E-state index is 14.1. The number of rotatable bonds is 3. The van der Waals surface area contributed by atoms with Gasteiger partial charge in [0.25, 0.3) is 0 Å². The number of hydrogen-bond acceptors (Lipinski definition) is 8. The van der Waals surface area contributed by atoms with Crippen LogP contribution in [0.2, 0.25) is 0 Å². The lowest BCUT2D eigenvalue weighted by Gasteiger charge is -2.36. The van der Waals surface area contributed by atoms with Crippen molar-refractivity contribution in [2.75, 3.05) is 26.9 Å². The summed E-state index contributed by atoms with van der Waals surface area (Å²) in [5.74, 6) is -1.12. The van der Waals surface area contributed by atoms with Crippen LogP contribution in [-0.4, -0.2) is 79.3 Å². The second-order valence-electron chi connectivity index (χ2n) is 12.0. The van der Waals surface area contributed by atoms with Gasteiger partial charge in [-0.15, -0.1) is 0 Å². The third-order valence-corrected chi connectivity index (χ3v) is 7.76. The van der Waals surface area contributed by atoms with Crippen molar-refractivity contribution < 1.29 is 38.1 Å². The van der Waals surface area contributed by atoms with E-state index in [2.05, 4.69) is 5.32 Å². The SMILES string of the molecule is COC(=O)[C@@H]1C[C@@H]2CN1C(=O)C(C1CCC(C(=O)OC(C)(C)C)CC1)NC(=O)Cc1cccc(c1)OCCCO2. The van der Waals surface area contributed by atoms with Gasteiger partial charge in [0.2, 0.25) is 11.8 Å². The molecule has 3 aliphatic rings. The molecule has 2 heterocycles. The van der Waals surface area contributed by atoms with Gasteiger partial charge in [0.05, 0.1) is 38.8 Å². The number of nitrogens with zero attached hydrogens (tertiary/aromatic N) is 1. The standard InChI is InChI=1S/C30H42N2O8/c1-30(2,3)40-28(35)21-11-9-20(10-12-21)26-27(34)32-18-23(17-24(32)29(36)37-4)39-14-6-13-38-22-8-5-7-19(15-22)16-25(33)31-26/h5,7-8,15,20-21,23-24,26H,6,9-14,16-18H2,1-4H3,(H,31,33)/t20?,21?,23-,24+,26?/m1/s1. The first kappa shape index (κ1) is 29.8. The molecule has 2 aliphatic heterocycles. The fourth-order valence-electron chi connectivity index (χ4n) is 5.81. The molecule has 0 spiro atoms. The largest absolute Gasteiger partial charge is 0.493 e. The van der Waals surface area contributed by atoms with Crippen molar-refractivity contribution in [1.29, 1.82) is 0 Å². The van der Waals surface area contributed by atoms with Crippen molar-refractivity contribution in [3.63, 3.8) is 0 Å². The molecule has 10 nitrogen and oxygen atoms in total. The van der Waals surface area contributed by atoms with Crippen molar-refractivity contribution >= 4 is 23.8 Å². The van der Waals surface area contributed by atoms with Crippen molar-refractivity contribution in [3.05, 3.63) is 29.8 Å². The molecule has 3 atom stereocenters. The molecule has 2 amide bonds. The lowest BCUT2D eigenvalue weighted by Crippen LogP contribution is -2.55. The zero-order valence-electron chi connectivity index (χ0n) is 24.0. The van der Waals surface area contributed by atoms with Gasteiger partial charge in [0.1, 0.15) is 23.4 Å². The van der Waals surface area contributed by atoms with Gasteiger partial charge in [0, 0.05) is 19.4 Å². The molecule has 40 heavy (non-hydrogen) atoms. The Morgan fingerprint density at radius 3 is 2.50 bits per heavy atom. The Kier molecular flexibility index (Phi) is 9.71. The minimum absolute atomic E-state index is 0.0837. The Labute approximate surface area is 236 Å². The quantitative estimate of drug-likeness (QED) is 0.563. The summed E-state index contributed by atoms with van der Waals surface area (Å²) in [5, 5.41) is 2.99. The van der Waals surface area contributed by atoms with Crippen LogP contribution >= 0.6 is 0 Å². The summed E-state index contributed by atoms with van der Waals surface area (Å²) >= 11 is 0. The molecule has 220 valence electrons. The van der Waals surface area contributed by atoms with Crippen LogP contribution < -0.4 is 10.1 Å². The number of nitrogens with one attached hydrogen (secondary N) is 1. The van der Waals surface area contributed by atoms with Crippen LogP contribution in [0.15, 0.2) is 24.3 Å². The third-order valence-electron chi connectivity index (χ3n) is 7.76. The van der Waals surface area contributed by atoms with E-state index >= 15 is 0 Å². The zero-order valence-corrected chi connectivity index (χ0v) is 24.0. The van der Waals surface area contributed by atoms with E-state index in [-0.39, 0.29) is 48.7 Å². The van der Waals surface area contributed by atoms with Gasteiger partial charge in [-0.25, -0.2) is 4.79 Å². The summed E-state index contributed by atoms with van der Waals surface area (Å²) in [6.45, 7) is 6.63. The summed E-state index contributed by atoms with van der Waals surface area (Å²) in [6.07, 6.45) is 2.98. The monoisotopic (exact) mass is 558 g/mol. The number of fused-ring (bicyclic) bond motifs is 4. The number of amides is 2. The van der Waals surface area contributed by atoms with Crippen molar-refractivity contribution in [3.8, 4) is 5.75 Å². The highest BCUT2D eigenvalue weighted by molar-refractivity contribution is 5.92. The maximum atomic E-state index is 14.1. The van der Waals surface area contributed by atoms with Crippen molar-refractivity contribution in [2.45, 2.75) is 89.5 Å². The average Bonchev–Trinajstić information content (AvgIpc) is 3.34. The lowest BCUT2D eigenvalue weighted by atomic mass is 9.78. The summed E-state index contributed by atoms with van der Waals surface area (Å²) in [5.41, 5.74) is 0.201. The molecule has 1 aliphatic carbocycles. The molecule has 1 N–H and O–H groups in total. The van der Waals surface area contributed by atoms with E-state index in [1.165, 1.54) is 12.0 Å². The lowest BCUT2D eigenvalue weighted by molar-refractivity contribution is -0.161. The molecule has 1 saturated heterocycles. The van der Waals surface area contributed by atoms with E-state index < -0.39 is 23.7 Å². The van der Waals surface area contributed by atoms with Gasteiger partial charge in [-0.1, -0.05) is 12.1 Å². The summed E-state index contributed by atoms with van der Waals surface area (Å²) < 4.78 is 22.5. The van der Waals surface area contributed by atoms with Crippen LogP contribution in [0.25, 0.3) is 0 Å². The molecule has 0 aromatic heterocycles. The fourth-order valence-corrected chi connectivity index (χ4v) is 5.81. The molecule has 1 aromatic carbocycles. The Bertz CT molecular complexity index is 1080. The number of methoxy groups -OCH3 is 1. The van der Waals surface area contributed by atoms with E-state index in [9.17, 15) is 19.2 Å². The van der Waals surface area contributed by atoms with Gasteiger partial charge >= 0.3 is 11.9 Å². The molecule has 2 fully saturated rings. The second kappa shape index (κ2) is 13.0. The Morgan fingerprint density at radius 2 is 1.80 bits per heavy atom. The molecular weight excluding hydrogens is 516 g/mol. The van der Waals surface area contributed by atoms with E-state index in [0.29, 0.717) is 57.5 Å². The number of ether oxygens (including phenoxy) is 4. The third kappa shape index (κ3) is 7.74. The molecule has 4 rings (SSSR count). The number of carbonyl (C=O) groups excluding carboxylic acids is 4. The highest BCUT2D eigenvalue weighted by Crippen LogP contribution is 2.34. The maximum Gasteiger partial charge on any atom is 0.328 e. The number of benzene rings is 1. The van der Waals surface area contributed by atoms with Crippen LogP contribution in [0.3, 0.4) is 0 Å². The Hall–Kier alpha value is -3.14. The molecular formula is C30H42N2O8. The van der Waals surface area contributed by atoms with Gasteiger partial charge in [-0.2, -0.15) is 0 Å². The van der Waals surface area contributed by atoms with Crippen LogP contribution in [0.4, 0.5) is 0 Å². The molecule has 1 saturated carbocycles. The minimum atomic E-state index is -0.842. The first-order valence-electron chi connectivity index (χ1n) is 14.3. The first-order chi connectivity index (χ1) is 19.0. The van der Waals surface area contributed by atoms with Crippen LogP contribution in [-0.2, 0) is 39.8 Å². The van der Waals surface area contributed by atoms with Gasteiger partial charge < -0.3 is 29.2 Å². The highest BCUT2D eigenvalue weighted by Gasteiger charge is 2.45. The smallest absolute Gasteiger partial charge is 0.328 e. The molecule has 10 heteroatoms. The molecule has 1 unspecified atom stereocenters. The first-order valence-corrected chi connectivity index (χ1v) is 14.3. The number of esters is 2. The van der Waals surface area contributed by atoms with Crippen molar-refractivity contribution in [2.24, 2.45) is 11.8 Å². The predicted octanol–water partition coefficient (Wildman–Crippen LogP) is 2.80. The summed E-state index contributed by atoms with van der Waals surface area (Å²) in [7, 11) is 1.30. The molecule has 4 bridgehead atoms. The van der Waals surface area contributed by atoms with Gasteiger partial charge in [-0.05, 0) is 70.1 Å². The van der Waals surface area contributed by atoms with Crippen molar-refractivity contribution in [1.82, 2.24) is 10.2 Å². The molecule has 1 aromatic rings. The predicted molar refractivity (Wildman–Crippen MR) is 145 cm³/mol. The molecule has 0 radical (unpaired) electrons. The van der Waals surface area contributed by atoms with E-state index in [0.717, 1.165) is 5.56 Å². The van der Waals surface area contributed by atoms with E-state index in [1.54, 1.807) is 0 Å². The van der Waals surface area contributed by atoms with E-state index in [4.69, 9.17) is 18.9 Å². The van der Waals surface area contributed by atoms with Crippen LogP contribution in [0.5, 0.6) is 5.75 Å². The van der Waals surface area contributed by atoms with E-state index in [1.807, 2.05) is 45.0 Å². The number of hydrogen-bond donors (Lipinski definition) is 1. The van der Waals surface area contributed by atoms with Gasteiger partial charge in [-0.3, -0.25) is 14.4 Å². The topological polar surface area (TPSA) is 120 Å². The Balaban J connectivity index is 1.56. The van der Waals surface area contributed by atoms with Crippen LogP contribution in [0, 0.1) is 11.8 Å². The number of carbonyl (C=O) groups is 4. The normalized spacial score (nSPS) is 28.3. The van der Waals surface area contributed by atoms with Crippen LogP contribution in [0.1, 0.15) is 64.9 Å². The highest BCUT2D eigenvalue weighted by atomic mass is 16.6. The second-order valence-corrected chi connectivity index (χ2v) is 12.0. The Morgan fingerprint density at radius 1 is 1.05 bits per heavy atom. The van der Waals surface area contributed by atoms with Gasteiger partial charge in [0.15, 0.2) is 0 Å². The average molecular weight is 559 g/mol. The minimum Gasteiger partial charge on any atom is -0.493 e.